The zero-order valence-electron chi connectivity index (χ0n) is 14.2. The second-order valence-electron chi connectivity index (χ2n) is 6.10. The summed E-state index contributed by atoms with van der Waals surface area (Å²) in [5, 5.41) is 6.39. The van der Waals surface area contributed by atoms with E-state index in [0.29, 0.717) is 18.0 Å². The zero-order valence-corrected chi connectivity index (χ0v) is 14.9. The average Bonchev–Trinajstić information content (AvgIpc) is 2.61. The molecule has 1 saturated heterocycles. The molecule has 5 nitrogen and oxygen atoms in total. The summed E-state index contributed by atoms with van der Waals surface area (Å²) in [7, 11) is 0. The van der Waals surface area contributed by atoms with Gasteiger partial charge >= 0.3 is 6.03 Å². The van der Waals surface area contributed by atoms with Gasteiger partial charge in [0.1, 0.15) is 0 Å². The van der Waals surface area contributed by atoms with Gasteiger partial charge in [0, 0.05) is 31.1 Å². The molecule has 0 bridgehead atoms. The van der Waals surface area contributed by atoms with Crippen LogP contribution in [0.15, 0.2) is 24.3 Å². The monoisotopic (exact) mass is 351 g/mol. The van der Waals surface area contributed by atoms with Crippen LogP contribution in [0.4, 0.5) is 4.79 Å². The topological polar surface area (TPSA) is 61.4 Å². The number of carbonyl (C=O) groups is 2. The fourth-order valence-corrected chi connectivity index (χ4v) is 3.04. The first-order valence-electron chi connectivity index (χ1n) is 8.67. The van der Waals surface area contributed by atoms with Crippen LogP contribution in [0.2, 0.25) is 5.02 Å². The minimum Gasteiger partial charge on any atom is -0.343 e. The van der Waals surface area contributed by atoms with Crippen molar-refractivity contribution in [2.75, 3.05) is 19.6 Å². The molecular formula is C18H26ClN3O2. The van der Waals surface area contributed by atoms with Gasteiger partial charge in [-0.1, -0.05) is 30.7 Å². The van der Waals surface area contributed by atoms with Crippen molar-refractivity contribution in [2.45, 2.75) is 45.1 Å². The standard InChI is InChI=1S/C18H26ClN3O2/c1-2-16(14-6-8-15(19)9-7-14)21-18(24)20-11-10-17(23)22-12-4-3-5-13-22/h6-9,16H,2-5,10-13H2,1H3,(H2,20,21,24). The van der Waals surface area contributed by atoms with Gasteiger partial charge in [0.25, 0.3) is 0 Å². The number of halogens is 1. The molecule has 1 aliphatic heterocycles. The van der Waals surface area contributed by atoms with Crippen LogP contribution in [0.1, 0.15) is 50.6 Å². The van der Waals surface area contributed by atoms with E-state index in [0.717, 1.165) is 37.9 Å². The third-order valence-corrected chi connectivity index (χ3v) is 4.57. The number of likely N-dealkylation sites (tertiary alicyclic amines) is 1. The molecule has 2 N–H and O–H groups in total. The average molecular weight is 352 g/mol. The Hall–Kier alpha value is -1.75. The van der Waals surface area contributed by atoms with Crippen LogP contribution in [-0.4, -0.2) is 36.5 Å². The summed E-state index contributed by atoms with van der Waals surface area (Å²) in [5.41, 5.74) is 1.02. The van der Waals surface area contributed by atoms with E-state index in [9.17, 15) is 9.59 Å². The largest absolute Gasteiger partial charge is 0.343 e. The number of piperidine rings is 1. The van der Waals surface area contributed by atoms with Crippen LogP contribution in [0.3, 0.4) is 0 Å². The van der Waals surface area contributed by atoms with Gasteiger partial charge in [-0.15, -0.1) is 0 Å². The molecule has 0 aliphatic carbocycles. The van der Waals surface area contributed by atoms with E-state index in [1.165, 1.54) is 6.42 Å². The number of amides is 3. The van der Waals surface area contributed by atoms with Gasteiger partial charge in [0.05, 0.1) is 6.04 Å². The molecule has 6 heteroatoms. The van der Waals surface area contributed by atoms with Crippen LogP contribution in [0, 0.1) is 0 Å². The molecule has 1 fully saturated rings. The third kappa shape index (κ3) is 5.71. The molecule has 1 aliphatic rings. The fourth-order valence-electron chi connectivity index (χ4n) is 2.91. The SMILES string of the molecule is CCC(NC(=O)NCCC(=O)N1CCCCC1)c1ccc(Cl)cc1. The molecule has 1 atom stereocenters. The van der Waals surface area contributed by atoms with E-state index in [1.54, 1.807) is 0 Å². The molecule has 1 aromatic carbocycles. The smallest absolute Gasteiger partial charge is 0.315 e. The molecule has 0 aromatic heterocycles. The lowest BCUT2D eigenvalue weighted by molar-refractivity contribution is -0.131. The lowest BCUT2D eigenvalue weighted by Crippen LogP contribution is -2.41. The predicted molar refractivity (Wildman–Crippen MR) is 96.1 cm³/mol. The molecule has 1 unspecified atom stereocenters. The van der Waals surface area contributed by atoms with Crippen LogP contribution < -0.4 is 10.6 Å². The van der Waals surface area contributed by atoms with Gasteiger partial charge < -0.3 is 15.5 Å². The summed E-state index contributed by atoms with van der Waals surface area (Å²) >= 11 is 5.89. The number of benzene rings is 1. The molecule has 1 heterocycles. The van der Waals surface area contributed by atoms with E-state index in [1.807, 2.05) is 36.1 Å². The Balaban J connectivity index is 1.73. The number of hydrogen-bond acceptors (Lipinski definition) is 2. The quantitative estimate of drug-likeness (QED) is 0.824. The van der Waals surface area contributed by atoms with Crippen molar-refractivity contribution < 1.29 is 9.59 Å². The lowest BCUT2D eigenvalue weighted by Gasteiger charge is -2.26. The highest BCUT2D eigenvalue weighted by Gasteiger charge is 2.17. The summed E-state index contributed by atoms with van der Waals surface area (Å²) in [5.74, 6) is 0.125. The van der Waals surface area contributed by atoms with Gasteiger partial charge in [0.2, 0.25) is 5.91 Å². The van der Waals surface area contributed by atoms with E-state index in [4.69, 9.17) is 11.6 Å². The van der Waals surface area contributed by atoms with Gasteiger partial charge in [-0.05, 0) is 43.4 Å². The van der Waals surface area contributed by atoms with Gasteiger partial charge in [-0.2, -0.15) is 0 Å². The summed E-state index contributed by atoms with van der Waals surface area (Å²) in [6.45, 7) is 4.07. The van der Waals surface area contributed by atoms with Crippen molar-refractivity contribution in [1.29, 1.82) is 0 Å². The molecule has 24 heavy (non-hydrogen) atoms. The summed E-state index contributed by atoms with van der Waals surface area (Å²) < 4.78 is 0. The first-order chi connectivity index (χ1) is 11.6. The molecule has 0 saturated carbocycles. The summed E-state index contributed by atoms with van der Waals surface area (Å²) in [6.07, 6.45) is 4.50. The molecular weight excluding hydrogens is 326 g/mol. The van der Waals surface area contributed by atoms with Crippen molar-refractivity contribution in [3.63, 3.8) is 0 Å². The van der Waals surface area contributed by atoms with Crippen molar-refractivity contribution in [3.05, 3.63) is 34.9 Å². The summed E-state index contributed by atoms with van der Waals surface area (Å²) in [4.78, 5) is 26.0. The molecule has 0 spiro atoms. The Labute approximate surface area is 148 Å². The van der Waals surface area contributed by atoms with Crippen molar-refractivity contribution >= 4 is 23.5 Å². The van der Waals surface area contributed by atoms with Crippen LogP contribution in [-0.2, 0) is 4.79 Å². The first kappa shape index (κ1) is 18.6. The van der Waals surface area contributed by atoms with E-state index in [-0.39, 0.29) is 18.0 Å². The summed E-state index contributed by atoms with van der Waals surface area (Å²) in [6, 6.07) is 7.14. The number of nitrogens with one attached hydrogen (secondary N) is 2. The predicted octanol–water partition coefficient (Wildman–Crippen LogP) is 3.49. The third-order valence-electron chi connectivity index (χ3n) is 4.32. The molecule has 0 radical (unpaired) electrons. The Morgan fingerprint density at radius 2 is 1.83 bits per heavy atom. The Kier molecular flexibility index (Phi) is 7.37. The minimum absolute atomic E-state index is 0.0694. The highest BCUT2D eigenvalue weighted by atomic mass is 35.5. The number of hydrogen-bond donors (Lipinski definition) is 2. The lowest BCUT2D eigenvalue weighted by atomic mass is 10.1. The molecule has 3 amide bonds. The first-order valence-corrected chi connectivity index (χ1v) is 9.05. The Bertz CT molecular complexity index is 542. The van der Waals surface area contributed by atoms with E-state index < -0.39 is 0 Å². The maximum atomic E-state index is 12.1. The maximum absolute atomic E-state index is 12.1. The normalized spacial score (nSPS) is 15.7. The van der Waals surface area contributed by atoms with Crippen LogP contribution >= 0.6 is 11.6 Å². The Morgan fingerprint density at radius 3 is 2.46 bits per heavy atom. The van der Waals surface area contributed by atoms with Crippen LogP contribution in [0.5, 0.6) is 0 Å². The van der Waals surface area contributed by atoms with Crippen LogP contribution in [0.25, 0.3) is 0 Å². The second kappa shape index (κ2) is 9.52. The zero-order chi connectivity index (χ0) is 17.4. The van der Waals surface area contributed by atoms with Crippen molar-refractivity contribution in [3.8, 4) is 0 Å². The van der Waals surface area contributed by atoms with Gasteiger partial charge in [-0.25, -0.2) is 4.79 Å². The van der Waals surface area contributed by atoms with Crippen molar-refractivity contribution in [1.82, 2.24) is 15.5 Å². The maximum Gasteiger partial charge on any atom is 0.315 e. The molecule has 132 valence electrons. The van der Waals surface area contributed by atoms with E-state index in [2.05, 4.69) is 10.6 Å². The fraction of sp³-hybridized carbons (Fsp3) is 0.556. The van der Waals surface area contributed by atoms with Gasteiger partial charge in [0.15, 0.2) is 0 Å². The highest BCUT2D eigenvalue weighted by molar-refractivity contribution is 6.30. The second-order valence-corrected chi connectivity index (χ2v) is 6.54. The number of urea groups is 1. The number of carbonyl (C=O) groups excluding carboxylic acids is 2. The number of rotatable bonds is 6. The number of nitrogens with zero attached hydrogens (tertiary/aromatic N) is 1. The van der Waals surface area contributed by atoms with Gasteiger partial charge in [-0.3, -0.25) is 4.79 Å². The Morgan fingerprint density at radius 1 is 1.17 bits per heavy atom. The molecule has 2 rings (SSSR count). The van der Waals surface area contributed by atoms with Crippen molar-refractivity contribution in [2.24, 2.45) is 0 Å². The van der Waals surface area contributed by atoms with E-state index >= 15 is 0 Å². The minimum atomic E-state index is -0.247. The molecule has 1 aromatic rings. The highest BCUT2D eigenvalue weighted by Crippen LogP contribution is 2.19.